The molecule has 0 fully saturated rings. The third-order valence-electron chi connectivity index (χ3n) is 8.94. The van der Waals surface area contributed by atoms with Gasteiger partial charge in [0.15, 0.2) is 0 Å². The van der Waals surface area contributed by atoms with Gasteiger partial charge in [0.2, 0.25) is 5.91 Å². The molecule has 0 aromatic rings. The first-order chi connectivity index (χ1) is 24.7. The van der Waals surface area contributed by atoms with Gasteiger partial charge in [-0.05, 0) is 38.5 Å². The maximum Gasteiger partial charge on any atom is 0.303 e. The average molecular weight is 739 g/mol. The summed E-state index contributed by atoms with van der Waals surface area (Å²) in [5.41, 5.74) is 6.17. The number of carboxylic acid groups (broad SMARTS) is 1. The second kappa shape index (κ2) is 35.1. The van der Waals surface area contributed by atoms with Crippen molar-refractivity contribution in [2.24, 2.45) is 5.73 Å². The lowest BCUT2D eigenvalue weighted by Gasteiger charge is -2.27. The number of aliphatic hydroxyl groups is 4. The minimum atomic E-state index is -1.33. The van der Waals surface area contributed by atoms with Gasteiger partial charge in [-0.3, -0.25) is 9.59 Å². The highest BCUT2D eigenvalue weighted by Crippen LogP contribution is 2.22. The van der Waals surface area contributed by atoms with Crippen molar-refractivity contribution in [2.75, 3.05) is 12.4 Å². The summed E-state index contributed by atoms with van der Waals surface area (Å²) in [4.78, 5) is 23.8. The second-order valence-electron chi connectivity index (χ2n) is 13.7. The number of amides is 1. The monoisotopic (exact) mass is 739 g/mol. The third kappa shape index (κ3) is 29.2. The van der Waals surface area contributed by atoms with Crippen LogP contribution in [0, 0.1) is 0 Å². The predicted molar refractivity (Wildman–Crippen MR) is 214 cm³/mol. The van der Waals surface area contributed by atoms with Gasteiger partial charge in [0, 0.05) is 17.4 Å². The Morgan fingerprint density at radius 3 is 1.88 bits per heavy atom. The molecule has 0 bridgehead atoms. The van der Waals surface area contributed by atoms with E-state index >= 15 is 0 Å². The normalized spacial score (nSPS) is 15.9. The summed E-state index contributed by atoms with van der Waals surface area (Å²) < 4.78 is 0. The average Bonchev–Trinajstić information content (AvgIpc) is 3.11. The second-order valence-corrected chi connectivity index (χ2v) is 14.9. The SMILES string of the molecule is CCCCC/C=C\C\C=C/C=C/C=C/[C@@H](SC[C@H](N)C(=O)N[C@@H](CO)C(O)C(O)CCCCCCCCCCCCCC)[C@@H](O)CCCC(=O)O. The van der Waals surface area contributed by atoms with Gasteiger partial charge in [0.05, 0.1) is 30.9 Å². The number of hydrogen-bond donors (Lipinski definition) is 7. The summed E-state index contributed by atoms with van der Waals surface area (Å²) in [6.07, 6.45) is 33.4. The van der Waals surface area contributed by atoms with Crippen LogP contribution in [0.5, 0.6) is 0 Å². The molecule has 2 unspecified atom stereocenters. The summed E-state index contributed by atoms with van der Waals surface area (Å²) in [6, 6.07) is -2.06. The number of nitrogens with two attached hydrogens (primary N) is 1. The fraction of sp³-hybridized carbons (Fsp3) is 0.756. The highest BCUT2D eigenvalue weighted by Gasteiger charge is 2.29. The van der Waals surface area contributed by atoms with Crippen LogP contribution in [0.1, 0.15) is 149 Å². The fourth-order valence-electron chi connectivity index (χ4n) is 5.64. The topological polar surface area (TPSA) is 173 Å². The number of carbonyl (C=O) groups excluding carboxylic acids is 1. The molecule has 0 rings (SSSR count). The van der Waals surface area contributed by atoms with Crippen molar-refractivity contribution in [3.63, 3.8) is 0 Å². The zero-order chi connectivity index (χ0) is 38.0. The molecule has 0 heterocycles. The van der Waals surface area contributed by atoms with Crippen molar-refractivity contribution in [1.82, 2.24) is 5.32 Å². The molecular formula is C41H74N2O7S. The number of rotatable bonds is 35. The first kappa shape index (κ1) is 49.0. The number of thioether (sulfide) groups is 1. The van der Waals surface area contributed by atoms with E-state index in [4.69, 9.17) is 10.8 Å². The van der Waals surface area contributed by atoms with Crippen LogP contribution < -0.4 is 11.1 Å². The maximum atomic E-state index is 12.9. The zero-order valence-corrected chi connectivity index (χ0v) is 32.7. The summed E-state index contributed by atoms with van der Waals surface area (Å²) in [5, 5.41) is 53.0. The van der Waals surface area contributed by atoms with Crippen LogP contribution in [0.4, 0.5) is 0 Å². The van der Waals surface area contributed by atoms with E-state index in [9.17, 15) is 30.0 Å². The highest BCUT2D eigenvalue weighted by molar-refractivity contribution is 8.00. The summed E-state index contributed by atoms with van der Waals surface area (Å²) in [5.74, 6) is -1.36. The van der Waals surface area contributed by atoms with Gasteiger partial charge in [-0.2, -0.15) is 0 Å². The first-order valence-corrected chi connectivity index (χ1v) is 20.9. The summed E-state index contributed by atoms with van der Waals surface area (Å²) in [6.45, 7) is 3.88. The quantitative estimate of drug-likeness (QED) is 0.0197. The number of aliphatic carboxylic acids is 1. The Morgan fingerprint density at radius 1 is 0.706 bits per heavy atom. The molecule has 0 saturated heterocycles. The van der Waals surface area contributed by atoms with Gasteiger partial charge in [0.25, 0.3) is 0 Å². The van der Waals surface area contributed by atoms with E-state index in [0.717, 1.165) is 32.1 Å². The standard InChI is InChI=1S/C41H74N2O7S/c1-3-5-7-9-11-13-15-17-19-21-23-25-28-37(46)40(49)35(32-44)43-41(50)34(42)33-51-38(36(45)29-27-31-39(47)48)30-26-24-22-20-18-16-14-12-10-8-6-4-2/h12,14,18,20,22,24,26,30,34-38,40,44-46,49H,3-11,13,15-17,19,21,23,25,27-29,31-33,42H2,1-2H3,(H,43,50)(H,47,48)/b14-12-,20-18-,24-22+,30-26+/t34-,35-,36-,37?,38+,40?/m0/s1. The van der Waals surface area contributed by atoms with E-state index in [1.165, 1.54) is 88.8 Å². The van der Waals surface area contributed by atoms with Gasteiger partial charge in [0.1, 0.15) is 6.10 Å². The number of unbranched alkanes of at least 4 members (excludes halogenated alkanes) is 14. The number of allylic oxidation sites excluding steroid dienone is 7. The van der Waals surface area contributed by atoms with Crippen LogP contribution in [0.15, 0.2) is 48.6 Å². The maximum absolute atomic E-state index is 12.9. The molecule has 0 aromatic carbocycles. The van der Waals surface area contributed by atoms with Gasteiger partial charge < -0.3 is 36.6 Å². The smallest absolute Gasteiger partial charge is 0.303 e. The molecule has 0 radical (unpaired) electrons. The molecule has 0 spiro atoms. The van der Waals surface area contributed by atoms with Crippen molar-refractivity contribution in [1.29, 1.82) is 0 Å². The Bertz CT molecular complexity index is 958. The number of carboxylic acids is 1. The fourth-order valence-corrected chi connectivity index (χ4v) is 6.78. The molecule has 0 aliphatic carbocycles. The highest BCUT2D eigenvalue weighted by atomic mass is 32.2. The van der Waals surface area contributed by atoms with Crippen molar-refractivity contribution in [3.8, 4) is 0 Å². The molecule has 8 N–H and O–H groups in total. The molecule has 0 saturated carbocycles. The van der Waals surface area contributed by atoms with E-state index in [1.807, 2.05) is 30.4 Å². The van der Waals surface area contributed by atoms with E-state index in [1.54, 1.807) is 0 Å². The Morgan fingerprint density at radius 2 is 1.27 bits per heavy atom. The largest absolute Gasteiger partial charge is 0.481 e. The third-order valence-corrected chi connectivity index (χ3v) is 10.4. The molecular weight excluding hydrogens is 665 g/mol. The number of nitrogens with one attached hydrogen (secondary N) is 1. The molecule has 6 atom stereocenters. The molecule has 0 aromatic heterocycles. The van der Waals surface area contributed by atoms with Gasteiger partial charge in [-0.1, -0.05) is 152 Å². The van der Waals surface area contributed by atoms with E-state index < -0.39 is 54.1 Å². The van der Waals surface area contributed by atoms with Gasteiger partial charge in [-0.25, -0.2) is 0 Å². The van der Waals surface area contributed by atoms with Gasteiger partial charge >= 0.3 is 5.97 Å². The molecule has 296 valence electrons. The number of aliphatic hydroxyl groups excluding tert-OH is 4. The van der Waals surface area contributed by atoms with Crippen molar-refractivity contribution >= 4 is 23.6 Å². The van der Waals surface area contributed by atoms with Crippen molar-refractivity contribution in [3.05, 3.63) is 48.6 Å². The molecule has 0 aliphatic rings. The Balaban J connectivity index is 4.75. The molecule has 0 aliphatic heterocycles. The van der Waals surface area contributed by atoms with Crippen LogP contribution in [0.3, 0.4) is 0 Å². The molecule has 1 amide bonds. The van der Waals surface area contributed by atoms with E-state index in [2.05, 4.69) is 37.4 Å². The lowest BCUT2D eigenvalue weighted by atomic mass is 9.99. The van der Waals surface area contributed by atoms with E-state index in [0.29, 0.717) is 12.8 Å². The molecule has 51 heavy (non-hydrogen) atoms. The predicted octanol–water partition coefficient (Wildman–Crippen LogP) is 7.52. The summed E-state index contributed by atoms with van der Waals surface area (Å²) >= 11 is 1.28. The lowest BCUT2D eigenvalue weighted by Crippen LogP contribution is -2.55. The van der Waals surface area contributed by atoms with Crippen LogP contribution in [0.25, 0.3) is 0 Å². The minimum Gasteiger partial charge on any atom is -0.481 e. The molecule has 10 heteroatoms. The Labute approximate surface area is 314 Å². The van der Waals surface area contributed by atoms with Crippen LogP contribution in [-0.2, 0) is 9.59 Å². The lowest BCUT2D eigenvalue weighted by molar-refractivity contribution is -0.137. The Kier molecular flexibility index (Phi) is 33.8. The molecule has 9 nitrogen and oxygen atoms in total. The van der Waals surface area contributed by atoms with Crippen LogP contribution >= 0.6 is 11.8 Å². The summed E-state index contributed by atoms with van der Waals surface area (Å²) in [7, 11) is 0. The van der Waals surface area contributed by atoms with Crippen LogP contribution in [-0.4, -0.2) is 85.4 Å². The number of carbonyl (C=O) groups is 2. The van der Waals surface area contributed by atoms with E-state index in [-0.39, 0.29) is 18.6 Å². The first-order valence-electron chi connectivity index (χ1n) is 19.9. The van der Waals surface area contributed by atoms with Crippen LogP contribution in [0.2, 0.25) is 0 Å². The number of hydrogen-bond acceptors (Lipinski definition) is 8. The zero-order valence-electron chi connectivity index (χ0n) is 31.9. The van der Waals surface area contributed by atoms with Crippen molar-refractivity contribution in [2.45, 2.75) is 184 Å². The van der Waals surface area contributed by atoms with Crippen molar-refractivity contribution < 1.29 is 35.1 Å². The Hall–Kier alpha value is -1.95. The van der Waals surface area contributed by atoms with Gasteiger partial charge in [-0.15, -0.1) is 11.8 Å². The minimum absolute atomic E-state index is 0.0478.